The summed E-state index contributed by atoms with van der Waals surface area (Å²) in [6.07, 6.45) is 0.472. The van der Waals surface area contributed by atoms with Gasteiger partial charge in [0.1, 0.15) is 12.2 Å². The summed E-state index contributed by atoms with van der Waals surface area (Å²) >= 11 is 0. The highest BCUT2D eigenvalue weighted by molar-refractivity contribution is 5.93. The Bertz CT molecular complexity index is 195. The molecule has 0 rings (SSSR count). The monoisotopic (exact) mass is 202 g/mol. The summed E-state index contributed by atoms with van der Waals surface area (Å²) < 4.78 is 0. The van der Waals surface area contributed by atoms with Crippen LogP contribution in [-0.2, 0) is 14.4 Å². The van der Waals surface area contributed by atoms with Crippen molar-refractivity contribution in [3.63, 3.8) is 0 Å². The Labute approximate surface area is 82.4 Å². The van der Waals surface area contributed by atoms with Gasteiger partial charge in [-0.15, -0.1) is 13.2 Å². The van der Waals surface area contributed by atoms with E-state index in [-0.39, 0.29) is 12.2 Å². The zero-order valence-electron chi connectivity index (χ0n) is 8.02. The molecule has 0 spiro atoms. The molecule has 5 heteroatoms. The van der Waals surface area contributed by atoms with E-state index >= 15 is 0 Å². The SMILES string of the molecule is C=C.C=CC(=O)O.CC(=O)CC(=O)O. The Morgan fingerprint density at radius 1 is 1.21 bits per heavy atom. The lowest BCUT2D eigenvalue weighted by Crippen LogP contribution is -2.00. The van der Waals surface area contributed by atoms with Crippen molar-refractivity contribution in [1.82, 2.24) is 0 Å². The molecular weight excluding hydrogens is 188 g/mol. The van der Waals surface area contributed by atoms with Crippen molar-refractivity contribution in [3.8, 4) is 0 Å². The van der Waals surface area contributed by atoms with Gasteiger partial charge in [0.05, 0.1) is 0 Å². The van der Waals surface area contributed by atoms with E-state index in [1.54, 1.807) is 0 Å². The molecule has 0 atom stereocenters. The van der Waals surface area contributed by atoms with E-state index in [0.29, 0.717) is 0 Å². The van der Waals surface area contributed by atoms with Gasteiger partial charge < -0.3 is 10.2 Å². The van der Waals surface area contributed by atoms with Crippen LogP contribution in [0.2, 0.25) is 0 Å². The average Bonchev–Trinajstić information content (AvgIpc) is 2.06. The fourth-order valence-electron chi connectivity index (χ4n) is 0.213. The number of carboxylic acid groups (broad SMARTS) is 2. The Hall–Kier alpha value is -1.91. The summed E-state index contributed by atoms with van der Waals surface area (Å²) in [7, 11) is 0. The largest absolute Gasteiger partial charge is 0.481 e. The van der Waals surface area contributed by atoms with Gasteiger partial charge in [-0.25, -0.2) is 4.79 Å². The van der Waals surface area contributed by atoms with Crippen LogP contribution in [0.1, 0.15) is 13.3 Å². The molecule has 0 fully saturated rings. The normalized spacial score (nSPS) is 6.64. The van der Waals surface area contributed by atoms with Crippen LogP contribution >= 0.6 is 0 Å². The van der Waals surface area contributed by atoms with Gasteiger partial charge in [0.15, 0.2) is 0 Å². The van der Waals surface area contributed by atoms with Crippen LogP contribution in [0.3, 0.4) is 0 Å². The number of carbonyl (C=O) groups is 3. The zero-order chi connectivity index (χ0) is 12.1. The fourth-order valence-corrected chi connectivity index (χ4v) is 0.213. The van der Waals surface area contributed by atoms with Crippen LogP contribution in [0, 0.1) is 0 Å². The minimum absolute atomic E-state index is 0.312. The zero-order valence-corrected chi connectivity index (χ0v) is 8.02. The molecule has 0 aliphatic heterocycles. The molecule has 0 bridgehead atoms. The second-order valence-electron chi connectivity index (χ2n) is 1.81. The molecular formula is C9H14O5. The van der Waals surface area contributed by atoms with Crippen LogP contribution in [0.15, 0.2) is 25.8 Å². The van der Waals surface area contributed by atoms with Crippen molar-refractivity contribution in [2.24, 2.45) is 0 Å². The Morgan fingerprint density at radius 2 is 1.50 bits per heavy atom. The van der Waals surface area contributed by atoms with E-state index in [0.717, 1.165) is 6.08 Å². The van der Waals surface area contributed by atoms with Gasteiger partial charge in [-0.3, -0.25) is 9.59 Å². The van der Waals surface area contributed by atoms with Gasteiger partial charge in [0.25, 0.3) is 0 Å². The van der Waals surface area contributed by atoms with E-state index in [2.05, 4.69) is 19.7 Å². The number of rotatable bonds is 3. The van der Waals surface area contributed by atoms with Crippen LogP contribution in [0.25, 0.3) is 0 Å². The third-order valence-electron chi connectivity index (χ3n) is 0.575. The quantitative estimate of drug-likeness (QED) is 0.406. The minimum atomic E-state index is -1.06. The fraction of sp³-hybridized carbons (Fsp3) is 0.222. The summed E-state index contributed by atoms with van der Waals surface area (Å²) in [6, 6.07) is 0. The lowest BCUT2D eigenvalue weighted by atomic mass is 10.3. The van der Waals surface area contributed by atoms with Gasteiger partial charge in [-0.1, -0.05) is 6.58 Å². The van der Waals surface area contributed by atoms with Crippen molar-refractivity contribution in [1.29, 1.82) is 0 Å². The van der Waals surface area contributed by atoms with Gasteiger partial charge >= 0.3 is 11.9 Å². The number of carbonyl (C=O) groups excluding carboxylic acids is 1. The number of aliphatic carboxylic acids is 2. The lowest BCUT2D eigenvalue weighted by molar-refractivity contribution is -0.139. The molecule has 0 radical (unpaired) electrons. The van der Waals surface area contributed by atoms with Gasteiger partial charge in [0.2, 0.25) is 0 Å². The number of hydrogen-bond donors (Lipinski definition) is 2. The molecule has 0 aromatic carbocycles. The first-order chi connectivity index (χ1) is 6.40. The van der Waals surface area contributed by atoms with Crippen molar-refractivity contribution in [3.05, 3.63) is 25.8 Å². The third kappa shape index (κ3) is 49.8. The highest BCUT2D eigenvalue weighted by Crippen LogP contribution is 1.77. The molecule has 14 heavy (non-hydrogen) atoms. The molecule has 0 aliphatic rings. The topological polar surface area (TPSA) is 91.7 Å². The molecule has 0 saturated heterocycles. The number of carboxylic acids is 2. The molecule has 0 aromatic heterocycles. The minimum Gasteiger partial charge on any atom is -0.481 e. The van der Waals surface area contributed by atoms with Gasteiger partial charge in [0, 0.05) is 6.08 Å². The number of ketones is 1. The molecule has 5 nitrogen and oxygen atoms in total. The van der Waals surface area contributed by atoms with Crippen LogP contribution in [-0.4, -0.2) is 27.9 Å². The molecule has 0 amide bonds. The second-order valence-corrected chi connectivity index (χ2v) is 1.81. The first kappa shape index (κ1) is 18.0. The maximum atomic E-state index is 9.87. The van der Waals surface area contributed by atoms with E-state index in [9.17, 15) is 14.4 Å². The number of hydrogen-bond acceptors (Lipinski definition) is 3. The van der Waals surface area contributed by atoms with E-state index in [1.165, 1.54) is 6.92 Å². The highest BCUT2D eigenvalue weighted by Gasteiger charge is 1.98. The lowest BCUT2D eigenvalue weighted by Gasteiger charge is -1.80. The maximum absolute atomic E-state index is 9.87. The Balaban J connectivity index is -0.000000152. The van der Waals surface area contributed by atoms with Gasteiger partial charge in [-0.05, 0) is 6.92 Å². The first-order valence-electron chi connectivity index (χ1n) is 3.46. The van der Waals surface area contributed by atoms with Crippen molar-refractivity contribution >= 4 is 17.7 Å². The van der Waals surface area contributed by atoms with Crippen LogP contribution in [0.4, 0.5) is 0 Å². The predicted molar refractivity (Wildman–Crippen MR) is 52.0 cm³/mol. The van der Waals surface area contributed by atoms with E-state index in [4.69, 9.17) is 10.2 Å². The van der Waals surface area contributed by atoms with Crippen molar-refractivity contribution in [2.45, 2.75) is 13.3 Å². The first-order valence-corrected chi connectivity index (χ1v) is 3.46. The molecule has 0 aliphatic carbocycles. The molecule has 0 saturated carbocycles. The van der Waals surface area contributed by atoms with E-state index in [1.807, 2.05) is 0 Å². The van der Waals surface area contributed by atoms with Crippen molar-refractivity contribution in [2.75, 3.05) is 0 Å². The van der Waals surface area contributed by atoms with Crippen LogP contribution in [0.5, 0.6) is 0 Å². The predicted octanol–water partition coefficient (Wildman–Crippen LogP) is 1.11. The highest BCUT2D eigenvalue weighted by atomic mass is 16.4. The molecule has 0 heterocycles. The van der Waals surface area contributed by atoms with Crippen LogP contribution < -0.4 is 0 Å². The summed E-state index contributed by atoms with van der Waals surface area (Å²) in [5.74, 6) is -2.36. The Kier molecular flexibility index (Phi) is 17.6. The average molecular weight is 202 g/mol. The Morgan fingerprint density at radius 3 is 1.50 bits per heavy atom. The standard InChI is InChI=1S/C4H6O3.C3H4O2.C2H4/c1-3(5)2-4(6)7;1-2-3(4)5;1-2/h2H2,1H3,(H,6,7);2H,1H2,(H,4,5);1-2H2. The summed E-state index contributed by atoms with van der Waals surface area (Å²) in [6.45, 7) is 10.2. The summed E-state index contributed by atoms with van der Waals surface area (Å²) in [4.78, 5) is 28.7. The smallest absolute Gasteiger partial charge is 0.327 e. The molecule has 80 valence electrons. The molecule has 2 N–H and O–H groups in total. The van der Waals surface area contributed by atoms with Crippen molar-refractivity contribution < 1.29 is 24.6 Å². The molecule has 0 aromatic rings. The maximum Gasteiger partial charge on any atom is 0.327 e. The van der Waals surface area contributed by atoms with Gasteiger partial charge in [-0.2, -0.15) is 0 Å². The van der Waals surface area contributed by atoms with E-state index < -0.39 is 11.9 Å². The second kappa shape index (κ2) is 13.7. The summed E-state index contributed by atoms with van der Waals surface area (Å²) in [5, 5.41) is 15.5. The number of Topliss-reactive ketones (excluding diaryl/α,β-unsaturated/α-hetero) is 1. The summed E-state index contributed by atoms with van der Waals surface area (Å²) in [5.41, 5.74) is 0. The molecule has 0 unspecified atom stereocenters. The third-order valence-corrected chi connectivity index (χ3v) is 0.575.